The van der Waals surface area contributed by atoms with Crippen molar-refractivity contribution in [3.8, 4) is 5.75 Å². The Hall–Kier alpha value is -2.75. The van der Waals surface area contributed by atoms with Crippen molar-refractivity contribution in [2.45, 2.75) is 19.8 Å². The number of aromatic amines is 1. The molecule has 0 atom stereocenters. The number of carbonyl (C=O) groups excluding carboxylic acids is 1. The van der Waals surface area contributed by atoms with Crippen molar-refractivity contribution in [1.82, 2.24) is 4.98 Å². The Bertz CT molecular complexity index is 808. The van der Waals surface area contributed by atoms with Crippen LogP contribution in [-0.4, -0.2) is 17.5 Å². The summed E-state index contributed by atoms with van der Waals surface area (Å²) in [7, 11) is 0. The molecule has 1 aromatic heterocycles. The van der Waals surface area contributed by atoms with Gasteiger partial charge in [0.15, 0.2) is 0 Å². The number of benzene rings is 2. The van der Waals surface area contributed by atoms with Crippen LogP contribution in [0.25, 0.3) is 10.9 Å². The first kappa shape index (κ1) is 15.2. The Morgan fingerprint density at radius 2 is 1.91 bits per heavy atom. The molecule has 1 amide bonds. The van der Waals surface area contributed by atoms with E-state index in [1.807, 2.05) is 54.7 Å². The van der Waals surface area contributed by atoms with Crippen LogP contribution >= 0.6 is 0 Å². The summed E-state index contributed by atoms with van der Waals surface area (Å²) in [5, 5.41) is 4.03. The van der Waals surface area contributed by atoms with Crippen LogP contribution in [0.1, 0.15) is 18.9 Å². The van der Waals surface area contributed by atoms with E-state index < -0.39 is 0 Å². The molecular weight excluding hydrogens is 288 g/mol. The Balaban J connectivity index is 1.72. The number of nitrogens with one attached hydrogen (secondary N) is 2. The maximum Gasteiger partial charge on any atom is 0.228 e. The van der Waals surface area contributed by atoms with E-state index in [4.69, 9.17) is 4.74 Å². The summed E-state index contributed by atoms with van der Waals surface area (Å²) in [5.74, 6) is 0.656. The summed E-state index contributed by atoms with van der Waals surface area (Å²) >= 11 is 0. The van der Waals surface area contributed by atoms with Crippen molar-refractivity contribution >= 4 is 22.5 Å². The monoisotopic (exact) mass is 308 g/mol. The molecule has 0 saturated carbocycles. The number of para-hydroxylation sites is 3. The van der Waals surface area contributed by atoms with Crippen LogP contribution in [0.15, 0.2) is 54.7 Å². The molecule has 2 N–H and O–H groups in total. The zero-order valence-electron chi connectivity index (χ0n) is 13.1. The predicted octanol–water partition coefficient (Wildman–Crippen LogP) is 4.14. The van der Waals surface area contributed by atoms with Gasteiger partial charge in [-0.05, 0) is 30.2 Å². The van der Waals surface area contributed by atoms with Gasteiger partial charge in [0.1, 0.15) is 5.75 Å². The highest BCUT2D eigenvalue weighted by atomic mass is 16.5. The van der Waals surface area contributed by atoms with Gasteiger partial charge in [-0.25, -0.2) is 0 Å². The Morgan fingerprint density at radius 1 is 1.13 bits per heavy atom. The van der Waals surface area contributed by atoms with Crippen molar-refractivity contribution < 1.29 is 9.53 Å². The lowest BCUT2D eigenvalue weighted by Crippen LogP contribution is -2.15. The van der Waals surface area contributed by atoms with Crippen LogP contribution in [0.4, 0.5) is 5.69 Å². The second-order valence-corrected chi connectivity index (χ2v) is 5.43. The van der Waals surface area contributed by atoms with E-state index in [9.17, 15) is 4.79 Å². The third kappa shape index (κ3) is 3.54. The first-order chi connectivity index (χ1) is 11.3. The zero-order chi connectivity index (χ0) is 16.1. The highest BCUT2D eigenvalue weighted by molar-refractivity contribution is 5.96. The number of hydrogen-bond donors (Lipinski definition) is 2. The molecule has 4 nitrogen and oxygen atoms in total. The fourth-order valence-corrected chi connectivity index (χ4v) is 2.55. The van der Waals surface area contributed by atoms with Gasteiger partial charge in [-0.1, -0.05) is 37.3 Å². The van der Waals surface area contributed by atoms with Gasteiger partial charge in [0.2, 0.25) is 5.91 Å². The molecule has 3 aromatic rings. The molecule has 118 valence electrons. The number of hydrogen-bond acceptors (Lipinski definition) is 2. The van der Waals surface area contributed by atoms with Crippen LogP contribution in [0, 0.1) is 0 Å². The number of rotatable bonds is 6. The molecule has 0 saturated heterocycles. The highest BCUT2D eigenvalue weighted by Gasteiger charge is 2.11. The minimum absolute atomic E-state index is 0.0534. The standard InChI is InChI=1S/C19H20N2O2/c1-2-11-23-18-10-6-5-9-17(18)21-19(22)12-14-13-20-16-8-4-3-7-15(14)16/h3-10,13,20H,2,11-12H2,1H3,(H,21,22). The average Bonchev–Trinajstić information content (AvgIpc) is 2.97. The van der Waals surface area contributed by atoms with Crippen LogP contribution in [0.2, 0.25) is 0 Å². The van der Waals surface area contributed by atoms with Crippen LogP contribution < -0.4 is 10.1 Å². The Labute approximate surface area is 135 Å². The summed E-state index contributed by atoms with van der Waals surface area (Å²) < 4.78 is 5.67. The molecule has 2 aromatic carbocycles. The fraction of sp³-hybridized carbons (Fsp3) is 0.211. The van der Waals surface area contributed by atoms with Gasteiger partial charge in [0.25, 0.3) is 0 Å². The van der Waals surface area contributed by atoms with Gasteiger partial charge in [0, 0.05) is 17.1 Å². The fourth-order valence-electron chi connectivity index (χ4n) is 2.55. The van der Waals surface area contributed by atoms with E-state index in [0.717, 1.165) is 22.9 Å². The number of H-pyrrole nitrogens is 1. The first-order valence-electron chi connectivity index (χ1n) is 7.84. The minimum Gasteiger partial charge on any atom is -0.491 e. The molecular formula is C19H20N2O2. The Kier molecular flexibility index (Phi) is 4.62. The number of fused-ring (bicyclic) bond motifs is 1. The predicted molar refractivity (Wildman–Crippen MR) is 92.9 cm³/mol. The first-order valence-corrected chi connectivity index (χ1v) is 7.84. The lowest BCUT2D eigenvalue weighted by Gasteiger charge is -2.11. The van der Waals surface area contributed by atoms with Gasteiger partial charge in [-0.15, -0.1) is 0 Å². The number of ether oxygens (including phenoxy) is 1. The van der Waals surface area contributed by atoms with Crippen molar-refractivity contribution in [2.24, 2.45) is 0 Å². The third-order valence-corrected chi connectivity index (χ3v) is 3.65. The molecule has 0 radical (unpaired) electrons. The topological polar surface area (TPSA) is 54.1 Å². The van der Waals surface area contributed by atoms with Crippen LogP contribution in [0.5, 0.6) is 5.75 Å². The Morgan fingerprint density at radius 3 is 2.78 bits per heavy atom. The van der Waals surface area contributed by atoms with E-state index >= 15 is 0 Å². The number of carbonyl (C=O) groups is 1. The molecule has 0 fully saturated rings. The molecule has 0 aliphatic rings. The SMILES string of the molecule is CCCOc1ccccc1NC(=O)Cc1c[nH]c2ccccc12. The second-order valence-electron chi connectivity index (χ2n) is 5.43. The van der Waals surface area contributed by atoms with Crippen molar-refractivity contribution in [3.05, 3.63) is 60.3 Å². The van der Waals surface area contributed by atoms with E-state index in [0.29, 0.717) is 24.5 Å². The zero-order valence-corrected chi connectivity index (χ0v) is 13.1. The number of aromatic nitrogens is 1. The molecule has 0 unspecified atom stereocenters. The lowest BCUT2D eigenvalue weighted by atomic mass is 10.1. The molecule has 1 heterocycles. The largest absolute Gasteiger partial charge is 0.491 e. The normalized spacial score (nSPS) is 10.7. The summed E-state index contributed by atoms with van der Waals surface area (Å²) in [4.78, 5) is 15.6. The molecule has 4 heteroatoms. The lowest BCUT2D eigenvalue weighted by molar-refractivity contribution is -0.115. The molecule has 0 spiro atoms. The highest BCUT2D eigenvalue weighted by Crippen LogP contribution is 2.25. The summed E-state index contributed by atoms with van der Waals surface area (Å²) in [6.45, 7) is 2.69. The maximum absolute atomic E-state index is 12.4. The van der Waals surface area contributed by atoms with E-state index in [1.54, 1.807) is 0 Å². The quantitative estimate of drug-likeness (QED) is 0.719. The van der Waals surface area contributed by atoms with Gasteiger partial charge >= 0.3 is 0 Å². The second kappa shape index (κ2) is 7.01. The van der Waals surface area contributed by atoms with Crippen molar-refractivity contribution in [1.29, 1.82) is 0 Å². The molecule has 0 aliphatic heterocycles. The number of anilines is 1. The van der Waals surface area contributed by atoms with Crippen molar-refractivity contribution in [3.63, 3.8) is 0 Å². The molecule has 3 rings (SSSR count). The van der Waals surface area contributed by atoms with Gasteiger partial charge in [0.05, 0.1) is 18.7 Å². The van der Waals surface area contributed by atoms with Crippen LogP contribution in [-0.2, 0) is 11.2 Å². The number of amides is 1. The van der Waals surface area contributed by atoms with Crippen LogP contribution in [0.3, 0.4) is 0 Å². The summed E-state index contributed by atoms with van der Waals surface area (Å²) in [6, 6.07) is 15.5. The smallest absolute Gasteiger partial charge is 0.228 e. The van der Waals surface area contributed by atoms with E-state index in [1.165, 1.54) is 0 Å². The minimum atomic E-state index is -0.0534. The molecule has 0 bridgehead atoms. The summed E-state index contributed by atoms with van der Waals surface area (Å²) in [6.07, 6.45) is 3.15. The summed E-state index contributed by atoms with van der Waals surface area (Å²) in [5.41, 5.74) is 2.75. The van der Waals surface area contributed by atoms with E-state index in [-0.39, 0.29) is 5.91 Å². The van der Waals surface area contributed by atoms with Gasteiger partial charge in [-0.3, -0.25) is 4.79 Å². The maximum atomic E-state index is 12.4. The van der Waals surface area contributed by atoms with Gasteiger partial charge < -0.3 is 15.0 Å². The average molecular weight is 308 g/mol. The molecule has 23 heavy (non-hydrogen) atoms. The van der Waals surface area contributed by atoms with Gasteiger partial charge in [-0.2, -0.15) is 0 Å². The molecule has 0 aliphatic carbocycles. The van der Waals surface area contributed by atoms with Crippen molar-refractivity contribution in [2.75, 3.05) is 11.9 Å². The third-order valence-electron chi connectivity index (χ3n) is 3.65. The van der Waals surface area contributed by atoms with E-state index in [2.05, 4.69) is 17.2 Å².